The van der Waals surface area contributed by atoms with Crippen molar-refractivity contribution >= 4 is 47.8 Å². The first kappa shape index (κ1) is 51.9. The lowest BCUT2D eigenvalue weighted by atomic mass is 9.81. The number of imide groups is 2. The Balaban J connectivity index is 0.000000142. The van der Waals surface area contributed by atoms with Gasteiger partial charge >= 0.3 is 19.5 Å². The molecule has 7 heterocycles. The van der Waals surface area contributed by atoms with Gasteiger partial charge < -0.3 is 9.31 Å². The van der Waals surface area contributed by atoms with Crippen molar-refractivity contribution < 1.29 is 54.8 Å². The molecular weight excluding hydrogens is 993 g/mol. The maximum Gasteiger partial charge on any atom is 0.498 e. The van der Waals surface area contributed by atoms with E-state index in [-0.39, 0.29) is 42.6 Å². The van der Waals surface area contributed by atoms with Crippen molar-refractivity contribution in [3.05, 3.63) is 158 Å². The van der Waals surface area contributed by atoms with Gasteiger partial charge in [0.05, 0.1) is 52.2 Å². The smallest absolute Gasteiger partial charge is 0.399 e. The number of carbonyl (C=O) groups is 4. The molecule has 4 aromatic heterocycles. The number of amides is 4. The first-order valence-corrected chi connectivity index (χ1v) is 23.9. The number of pyridine rings is 2. The molecule has 0 spiro atoms. The molecule has 22 heteroatoms. The lowest BCUT2D eigenvalue weighted by molar-refractivity contribution is -0.145. The van der Waals surface area contributed by atoms with Crippen LogP contribution >= 0.6 is 11.6 Å². The van der Waals surface area contributed by atoms with Gasteiger partial charge in [-0.05, 0) is 126 Å². The van der Waals surface area contributed by atoms with Crippen LogP contribution in [-0.4, -0.2) is 81.7 Å². The monoisotopic (exact) mass is 1040 g/mol. The van der Waals surface area contributed by atoms with Gasteiger partial charge in [-0.1, -0.05) is 35.9 Å². The van der Waals surface area contributed by atoms with E-state index in [2.05, 4.69) is 29.9 Å². The highest BCUT2D eigenvalue weighted by atomic mass is 35.5. The third-order valence-corrected chi connectivity index (χ3v) is 14.0. The highest BCUT2D eigenvalue weighted by molar-refractivity contribution is 6.61. The van der Waals surface area contributed by atoms with Gasteiger partial charge in [0.15, 0.2) is 0 Å². The summed E-state index contributed by atoms with van der Waals surface area (Å²) in [6.07, 6.45) is -0.646. The van der Waals surface area contributed by atoms with Crippen molar-refractivity contribution in [1.82, 2.24) is 39.7 Å². The standard InChI is InChI=1S/C23H17F3N4O2.C18H15ClN2O2.C11H14BF3N2O2/c1-12-14(11-30-20(31)16-4-2-3-5-17(16)21(30)32)8-18(29-19(12)13-6-7-13)15-9-27-22(28-10-15)23(24,25)26;1-10-12(8-15(19)20-16(10)11-6-7-11)9-21-17(22)13-4-2-3-5-14(13)18(21)23;1-9(2)10(3,4)19-12(18-9)7-5-16-8(17-6-7)11(13,14)15/h2-5,8-10,13H,6-7,11H2,1H3;2-5,8,11H,6-7,9H2,1H3;5-6H,1-4H3. The molecule has 6 aromatic rings. The van der Waals surface area contributed by atoms with E-state index in [4.69, 9.17) is 20.9 Å². The predicted octanol–water partition coefficient (Wildman–Crippen LogP) is 10.1. The van der Waals surface area contributed by atoms with E-state index in [1.165, 1.54) is 9.80 Å². The number of alkyl halides is 6. The van der Waals surface area contributed by atoms with Crippen LogP contribution < -0.4 is 5.46 Å². The maximum absolute atomic E-state index is 12.8. The number of hydrogen-bond donors (Lipinski definition) is 0. The largest absolute Gasteiger partial charge is 0.498 e. The van der Waals surface area contributed by atoms with Gasteiger partial charge in [-0.3, -0.25) is 34.0 Å². The molecular formula is C52H46BClF6N8O6. The second-order valence-corrected chi connectivity index (χ2v) is 19.9. The Hall–Kier alpha value is -6.97. The van der Waals surface area contributed by atoms with Gasteiger partial charge in [-0.25, -0.2) is 24.9 Å². The molecule has 2 aromatic carbocycles. The summed E-state index contributed by atoms with van der Waals surface area (Å²) in [4.78, 5) is 75.6. The van der Waals surface area contributed by atoms with Crippen LogP contribution in [0.1, 0.15) is 152 Å². The minimum absolute atomic E-state index is 0.0505. The van der Waals surface area contributed by atoms with Gasteiger partial charge in [-0.15, -0.1) is 0 Å². The minimum Gasteiger partial charge on any atom is -0.399 e. The molecule has 74 heavy (non-hydrogen) atoms. The quantitative estimate of drug-likeness (QED) is 0.0613. The van der Waals surface area contributed by atoms with E-state index >= 15 is 0 Å². The van der Waals surface area contributed by atoms with E-state index in [1.54, 1.807) is 60.7 Å². The zero-order valence-corrected chi connectivity index (χ0v) is 41.5. The van der Waals surface area contributed by atoms with Crippen LogP contribution in [-0.2, 0) is 34.8 Å². The molecule has 4 amide bonds. The van der Waals surface area contributed by atoms with Gasteiger partial charge in [0.2, 0.25) is 11.6 Å². The van der Waals surface area contributed by atoms with E-state index < -0.39 is 42.3 Å². The second kappa shape index (κ2) is 19.4. The highest BCUT2D eigenvalue weighted by Crippen LogP contribution is 2.44. The zero-order valence-electron chi connectivity index (χ0n) is 40.7. The molecule has 3 fully saturated rings. The normalized spacial score (nSPS) is 17.7. The highest BCUT2D eigenvalue weighted by Gasteiger charge is 2.52. The van der Waals surface area contributed by atoms with Crippen LogP contribution in [0, 0.1) is 13.8 Å². The molecule has 2 aliphatic carbocycles. The van der Waals surface area contributed by atoms with E-state index in [9.17, 15) is 45.5 Å². The number of benzene rings is 2. The Morgan fingerprint density at radius 2 is 0.959 bits per heavy atom. The number of aromatic nitrogens is 6. The lowest BCUT2D eigenvalue weighted by Crippen LogP contribution is -2.41. The van der Waals surface area contributed by atoms with Crippen LogP contribution in [0.25, 0.3) is 11.3 Å². The summed E-state index contributed by atoms with van der Waals surface area (Å²) in [5, 5.41) is 0.420. The van der Waals surface area contributed by atoms with Crippen molar-refractivity contribution in [3.63, 3.8) is 0 Å². The second-order valence-electron chi connectivity index (χ2n) is 19.5. The average Bonchev–Trinajstić information content (AvgIpc) is 4.31. The minimum atomic E-state index is -4.63. The van der Waals surface area contributed by atoms with Crippen LogP contribution in [0.3, 0.4) is 0 Å². The summed E-state index contributed by atoms with van der Waals surface area (Å²) in [7, 11) is -0.757. The number of fused-ring (bicyclic) bond motifs is 2. The molecule has 382 valence electrons. The third-order valence-electron chi connectivity index (χ3n) is 13.8. The summed E-state index contributed by atoms with van der Waals surface area (Å²) in [5.74, 6) is -2.89. The van der Waals surface area contributed by atoms with Crippen molar-refractivity contribution in [1.29, 1.82) is 0 Å². The Kier molecular flexibility index (Phi) is 13.6. The molecule has 1 saturated heterocycles. The summed E-state index contributed by atoms with van der Waals surface area (Å²) in [5.41, 5.74) is 7.02. The molecule has 0 N–H and O–H groups in total. The van der Waals surface area contributed by atoms with E-state index in [1.807, 2.05) is 41.5 Å². The molecule has 11 rings (SSSR count). The van der Waals surface area contributed by atoms with Gasteiger partial charge in [0.25, 0.3) is 23.6 Å². The lowest BCUT2D eigenvalue weighted by Gasteiger charge is -2.32. The van der Waals surface area contributed by atoms with Gasteiger partial charge in [0, 0.05) is 59.0 Å². The number of nitrogens with zero attached hydrogens (tertiary/aromatic N) is 8. The SMILES string of the molecule is CC1(C)OB(c2cnc(C(F)(F)F)nc2)OC1(C)C.Cc1c(CN2C(=O)c3ccccc3C2=O)cc(-c2cnc(C(F)(F)F)nc2)nc1C1CC1.Cc1c(CN2C(=O)c3ccccc3C2=O)cc(Cl)nc1C1CC1. The van der Waals surface area contributed by atoms with E-state index in [0.717, 1.165) is 78.5 Å². The molecule has 5 aliphatic rings. The third kappa shape index (κ3) is 10.4. The van der Waals surface area contributed by atoms with Gasteiger partial charge in [0.1, 0.15) is 5.15 Å². The molecule has 3 aliphatic heterocycles. The maximum atomic E-state index is 12.8. The predicted molar refractivity (Wildman–Crippen MR) is 257 cm³/mol. The number of halogens is 7. The summed E-state index contributed by atoms with van der Waals surface area (Å²) >= 11 is 6.14. The van der Waals surface area contributed by atoms with Crippen molar-refractivity contribution in [2.45, 2.75) is 116 Å². The fourth-order valence-corrected chi connectivity index (χ4v) is 8.84. The fourth-order valence-electron chi connectivity index (χ4n) is 8.61. The fraction of sp³-hybridized carbons (Fsp3) is 0.346. The molecule has 0 unspecified atom stereocenters. The number of rotatable bonds is 8. The first-order valence-electron chi connectivity index (χ1n) is 23.5. The van der Waals surface area contributed by atoms with E-state index in [0.29, 0.717) is 55.6 Å². The molecule has 0 bridgehead atoms. The topological polar surface area (TPSA) is 171 Å². The number of hydrogen-bond acceptors (Lipinski definition) is 12. The van der Waals surface area contributed by atoms with Crippen LogP contribution in [0.5, 0.6) is 0 Å². The molecule has 14 nitrogen and oxygen atoms in total. The molecule has 0 atom stereocenters. The van der Waals surface area contributed by atoms with Crippen LogP contribution in [0.4, 0.5) is 26.3 Å². The van der Waals surface area contributed by atoms with Crippen molar-refractivity contribution in [3.8, 4) is 11.3 Å². The Labute approximate surface area is 426 Å². The Morgan fingerprint density at radius 1 is 0.595 bits per heavy atom. The Morgan fingerprint density at radius 3 is 1.34 bits per heavy atom. The first-order chi connectivity index (χ1) is 34.8. The summed E-state index contributed by atoms with van der Waals surface area (Å²) in [6, 6.07) is 17.0. The molecule has 2 saturated carbocycles. The zero-order chi connectivity index (χ0) is 53.2. The van der Waals surface area contributed by atoms with Crippen LogP contribution in [0.2, 0.25) is 5.15 Å². The summed E-state index contributed by atoms with van der Waals surface area (Å²) < 4.78 is 86.9. The average molecular weight is 1040 g/mol. The Bertz CT molecular complexity index is 3140. The van der Waals surface area contributed by atoms with Crippen molar-refractivity contribution in [2.24, 2.45) is 0 Å². The summed E-state index contributed by atoms with van der Waals surface area (Å²) in [6.45, 7) is 11.6. The van der Waals surface area contributed by atoms with Gasteiger partial charge in [-0.2, -0.15) is 26.3 Å². The van der Waals surface area contributed by atoms with Crippen LogP contribution in [0.15, 0.2) is 85.5 Å². The molecule has 0 radical (unpaired) electrons. The number of carbonyl (C=O) groups excluding carboxylic acids is 4. The van der Waals surface area contributed by atoms with Crippen molar-refractivity contribution in [2.75, 3.05) is 0 Å².